The van der Waals surface area contributed by atoms with Gasteiger partial charge in [0.25, 0.3) is 0 Å². The van der Waals surface area contributed by atoms with Gasteiger partial charge in [-0.1, -0.05) is 145 Å². The average molecular weight is 553 g/mol. The SMILES string of the molecule is CC1=CCCC(C)(C)C1/C=C/C(C)=C/C=C/C(C)=C/C=C/C=C(C)/C=C/C=C(C)/C=C/C1=C(C)CCC[C@]1(C)CO. The summed E-state index contributed by atoms with van der Waals surface area (Å²) >= 11 is 0. The van der Waals surface area contributed by atoms with Crippen LogP contribution in [-0.4, -0.2) is 11.7 Å². The summed E-state index contributed by atoms with van der Waals surface area (Å²) in [6, 6.07) is 0. The molecule has 1 heteroatoms. The van der Waals surface area contributed by atoms with Crippen molar-refractivity contribution < 1.29 is 5.11 Å². The second-order valence-electron chi connectivity index (χ2n) is 13.2. The summed E-state index contributed by atoms with van der Waals surface area (Å²) in [6.07, 6.45) is 38.5. The number of hydrogen-bond acceptors (Lipinski definition) is 1. The maximum Gasteiger partial charge on any atom is 0.0525 e. The quantitative estimate of drug-likeness (QED) is 0.200. The largest absolute Gasteiger partial charge is 0.395 e. The second-order valence-corrected chi connectivity index (χ2v) is 13.2. The van der Waals surface area contributed by atoms with Crippen LogP contribution in [0.25, 0.3) is 0 Å². The average Bonchev–Trinajstić information content (AvgIpc) is 2.90. The molecule has 0 aromatic rings. The molecule has 222 valence electrons. The minimum absolute atomic E-state index is 0.112. The zero-order chi connectivity index (χ0) is 30.5. The van der Waals surface area contributed by atoms with E-state index in [0.717, 1.165) is 19.3 Å². The number of aliphatic hydroxyl groups excluding tert-OH is 1. The van der Waals surface area contributed by atoms with Gasteiger partial charge < -0.3 is 5.11 Å². The van der Waals surface area contributed by atoms with Crippen LogP contribution in [0.5, 0.6) is 0 Å². The molecule has 0 spiro atoms. The Morgan fingerprint density at radius 2 is 1.32 bits per heavy atom. The molecule has 0 radical (unpaired) electrons. The molecule has 41 heavy (non-hydrogen) atoms. The maximum atomic E-state index is 9.94. The normalized spacial score (nSPS) is 25.6. The van der Waals surface area contributed by atoms with Crippen LogP contribution in [0.4, 0.5) is 0 Å². The molecule has 2 atom stereocenters. The highest BCUT2D eigenvalue weighted by Gasteiger charge is 2.31. The molecule has 0 aliphatic heterocycles. The number of hydrogen-bond donors (Lipinski definition) is 1. The molecule has 2 aliphatic rings. The van der Waals surface area contributed by atoms with Crippen molar-refractivity contribution in [3.8, 4) is 0 Å². The Morgan fingerprint density at radius 1 is 0.780 bits per heavy atom. The molecule has 2 aliphatic carbocycles. The van der Waals surface area contributed by atoms with Crippen LogP contribution in [0.2, 0.25) is 0 Å². The third kappa shape index (κ3) is 11.5. The summed E-state index contributed by atoms with van der Waals surface area (Å²) in [4.78, 5) is 0. The second kappa shape index (κ2) is 16.5. The minimum atomic E-state index is -0.112. The highest BCUT2D eigenvalue weighted by Crippen LogP contribution is 2.42. The minimum Gasteiger partial charge on any atom is -0.395 e. The van der Waals surface area contributed by atoms with Crippen LogP contribution in [-0.2, 0) is 0 Å². The molecule has 0 fully saturated rings. The van der Waals surface area contributed by atoms with E-state index >= 15 is 0 Å². The van der Waals surface area contributed by atoms with Crippen molar-refractivity contribution in [2.24, 2.45) is 16.7 Å². The lowest BCUT2D eigenvalue weighted by Crippen LogP contribution is -2.27. The number of rotatable bonds is 11. The summed E-state index contributed by atoms with van der Waals surface area (Å²) in [7, 11) is 0. The molecular formula is C40H56O. The first-order chi connectivity index (χ1) is 19.4. The van der Waals surface area contributed by atoms with E-state index in [1.54, 1.807) is 0 Å². The topological polar surface area (TPSA) is 20.2 Å². The Kier molecular flexibility index (Phi) is 13.8. The van der Waals surface area contributed by atoms with Gasteiger partial charge in [-0.3, -0.25) is 0 Å². The van der Waals surface area contributed by atoms with E-state index in [1.807, 2.05) is 0 Å². The van der Waals surface area contributed by atoms with Crippen molar-refractivity contribution in [1.29, 1.82) is 0 Å². The van der Waals surface area contributed by atoms with Gasteiger partial charge in [0.15, 0.2) is 0 Å². The van der Waals surface area contributed by atoms with Crippen molar-refractivity contribution in [2.75, 3.05) is 6.61 Å². The Balaban J connectivity index is 1.89. The molecule has 2 rings (SSSR count). The van der Waals surface area contributed by atoms with Crippen molar-refractivity contribution >= 4 is 0 Å². The lowest BCUT2D eigenvalue weighted by atomic mass is 9.68. The molecule has 1 unspecified atom stereocenters. The summed E-state index contributed by atoms with van der Waals surface area (Å²) in [6.45, 7) is 20.2. The van der Waals surface area contributed by atoms with Gasteiger partial charge in [-0.2, -0.15) is 0 Å². The molecular weight excluding hydrogens is 496 g/mol. The van der Waals surface area contributed by atoms with Crippen LogP contribution in [0.3, 0.4) is 0 Å². The Bertz CT molecular complexity index is 1230. The smallest absolute Gasteiger partial charge is 0.0525 e. The van der Waals surface area contributed by atoms with Crippen molar-refractivity contribution in [1.82, 2.24) is 0 Å². The highest BCUT2D eigenvalue weighted by atomic mass is 16.3. The van der Waals surface area contributed by atoms with E-state index in [9.17, 15) is 5.11 Å². The molecule has 0 amide bonds. The van der Waals surface area contributed by atoms with Gasteiger partial charge in [-0.05, 0) is 84.6 Å². The van der Waals surface area contributed by atoms with E-state index in [-0.39, 0.29) is 12.0 Å². The van der Waals surface area contributed by atoms with Gasteiger partial charge in [-0.25, -0.2) is 0 Å². The van der Waals surface area contributed by atoms with Crippen LogP contribution in [0.15, 0.2) is 130 Å². The predicted molar refractivity (Wildman–Crippen MR) is 183 cm³/mol. The van der Waals surface area contributed by atoms with Crippen molar-refractivity contribution in [3.05, 3.63) is 130 Å². The molecule has 0 bridgehead atoms. The Hall–Kier alpha value is -2.90. The van der Waals surface area contributed by atoms with Crippen LogP contribution < -0.4 is 0 Å². The van der Waals surface area contributed by atoms with Gasteiger partial charge >= 0.3 is 0 Å². The molecule has 0 saturated heterocycles. The number of allylic oxidation sites excluding steroid dienone is 21. The van der Waals surface area contributed by atoms with Gasteiger partial charge in [0.1, 0.15) is 0 Å². The fourth-order valence-electron chi connectivity index (χ4n) is 5.82. The summed E-state index contributed by atoms with van der Waals surface area (Å²) in [5, 5.41) is 9.94. The van der Waals surface area contributed by atoms with E-state index in [1.165, 1.54) is 51.9 Å². The molecule has 1 N–H and O–H groups in total. The standard InChI is InChI=1S/C40H56O/c1-31(18-12-20-33(3)24-26-37-35(5)22-14-28-39(37,7)8)16-10-11-17-32(2)19-13-21-34(4)25-27-38-36(6)23-15-29-40(38,9)30-41/h10-13,16-22,24-27,37,41H,14-15,23,28-30H2,1-9H3/b11-10+,18-12+,19-13+,26-24+,27-25+,31-16+,32-17+,33-20+,34-21+/t37?,40-/m1/s1. The Morgan fingerprint density at radius 3 is 1.88 bits per heavy atom. The maximum absolute atomic E-state index is 9.94. The van der Waals surface area contributed by atoms with Crippen molar-refractivity contribution in [2.45, 2.75) is 94.4 Å². The van der Waals surface area contributed by atoms with Crippen molar-refractivity contribution in [3.63, 3.8) is 0 Å². The first kappa shape index (κ1) is 34.3. The monoisotopic (exact) mass is 552 g/mol. The van der Waals surface area contributed by atoms with E-state index in [4.69, 9.17) is 0 Å². The summed E-state index contributed by atoms with van der Waals surface area (Å²) < 4.78 is 0. The first-order valence-corrected chi connectivity index (χ1v) is 15.4. The van der Waals surface area contributed by atoms with Crippen LogP contribution in [0.1, 0.15) is 94.4 Å². The molecule has 0 heterocycles. The highest BCUT2D eigenvalue weighted by molar-refractivity contribution is 5.38. The van der Waals surface area contributed by atoms with Gasteiger partial charge in [0.2, 0.25) is 0 Å². The fourth-order valence-corrected chi connectivity index (χ4v) is 5.82. The van der Waals surface area contributed by atoms with Gasteiger partial charge in [-0.15, -0.1) is 0 Å². The third-order valence-corrected chi connectivity index (χ3v) is 8.66. The molecule has 0 aromatic carbocycles. The predicted octanol–water partition coefficient (Wildman–Crippen LogP) is 11.4. The fraction of sp³-hybridized carbons (Fsp3) is 0.450. The summed E-state index contributed by atoms with van der Waals surface area (Å²) in [5.74, 6) is 0.524. The molecule has 1 nitrogen and oxygen atoms in total. The van der Waals surface area contributed by atoms with Crippen LogP contribution >= 0.6 is 0 Å². The Labute approximate surface area is 252 Å². The third-order valence-electron chi connectivity index (χ3n) is 8.66. The molecule has 0 aromatic heterocycles. The van der Waals surface area contributed by atoms with E-state index in [2.05, 4.69) is 153 Å². The lowest BCUT2D eigenvalue weighted by molar-refractivity contribution is 0.159. The molecule has 0 saturated carbocycles. The zero-order valence-electron chi connectivity index (χ0n) is 27.4. The zero-order valence-corrected chi connectivity index (χ0v) is 27.4. The van der Waals surface area contributed by atoms with Gasteiger partial charge in [0.05, 0.1) is 6.61 Å². The van der Waals surface area contributed by atoms with Gasteiger partial charge in [0, 0.05) is 11.3 Å². The lowest BCUT2D eigenvalue weighted by Gasteiger charge is -2.36. The van der Waals surface area contributed by atoms with E-state index < -0.39 is 0 Å². The van der Waals surface area contributed by atoms with E-state index in [0.29, 0.717) is 11.3 Å². The van der Waals surface area contributed by atoms with Crippen LogP contribution in [0, 0.1) is 16.7 Å². The number of aliphatic hydroxyl groups is 1. The summed E-state index contributed by atoms with van der Waals surface area (Å²) in [5.41, 5.74) is 9.32. The first-order valence-electron chi connectivity index (χ1n) is 15.4.